The van der Waals surface area contributed by atoms with Gasteiger partial charge in [-0.2, -0.15) is 0 Å². The SMILES string of the molecule is C[C@H]1CCCN(c2ccc([C@@H](C)NC(=O)CSCc3c(F)cccc3Cl)cc2)C1. The summed E-state index contributed by atoms with van der Waals surface area (Å²) in [5.41, 5.74) is 2.77. The molecule has 3 nitrogen and oxygen atoms in total. The maximum Gasteiger partial charge on any atom is 0.230 e. The molecular weight excluding hydrogens is 407 g/mol. The Bertz CT molecular complexity index is 810. The summed E-state index contributed by atoms with van der Waals surface area (Å²) >= 11 is 7.39. The van der Waals surface area contributed by atoms with Crippen LogP contribution in [0.2, 0.25) is 5.02 Å². The maximum atomic E-state index is 13.8. The number of hydrogen-bond acceptors (Lipinski definition) is 3. The number of benzene rings is 2. The van der Waals surface area contributed by atoms with Gasteiger partial charge in [-0.05, 0) is 55.5 Å². The van der Waals surface area contributed by atoms with Crippen molar-refractivity contribution in [3.63, 3.8) is 0 Å². The molecule has 1 heterocycles. The number of anilines is 1. The summed E-state index contributed by atoms with van der Waals surface area (Å²) in [6, 6.07) is 13.0. The van der Waals surface area contributed by atoms with Crippen molar-refractivity contribution in [3.05, 3.63) is 64.4 Å². The highest BCUT2D eigenvalue weighted by atomic mass is 35.5. The van der Waals surface area contributed by atoms with Crippen LogP contribution in [0.5, 0.6) is 0 Å². The zero-order chi connectivity index (χ0) is 20.8. The predicted octanol–water partition coefficient (Wildman–Crippen LogP) is 5.83. The second-order valence-electron chi connectivity index (χ2n) is 7.77. The summed E-state index contributed by atoms with van der Waals surface area (Å²) in [6.45, 7) is 6.50. The Morgan fingerprint density at radius 3 is 2.76 bits per heavy atom. The molecule has 0 spiro atoms. The first-order valence-electron chi connectivity index (χ1n) is 10.1. The van der Waals surface area contributed by atoms with Crippen molar-refractivity contribution in [1.82, 2.24) is 5.32 Å². The molecule has 0 bridgehead atoms. The van der Waals surface area contributed by atoms with Crippen LogP contribution in [-0.4, -0.2) is 24.7 Å². The minimum Gasteiger partial charge on any atom is -0.371 e. The zero-order valence-corrected chi connectivity index (χ0v) is 18.5. The summed E-state index contributed by atoms with van der Waals surface area (Å²) in [4.78, 5) is 14.7. The van der Waals surface area contributed by atoms with E-state index in [2.05, 4.69) is 41.4 Å². The average Bonchev–Trinajstić information content (AvgIpc) is 2.70. The van der Waals surface area contributed by atoms with Gasteiger partial charge in [0.1, 0.15) is 5.82 Å². The van der Waals surface area contributed by atoms with Crippen molar-refractivity contribution in [1.29, 1.82) is 0 Å². The molecule has 1 amide bonds. The Kier molecular flexibility index (Phi) is 7.84. The molecule has 6 heteroatoms. The number of rotatable bonds is 7. The highest BCUT2D eigenvalue weighted by molar-refractivity contribution is 7.99. The van der Waals surface area contributed by atoms with Crippen LogP contribution >= 0.6 is 23.4 Å². The number of thioether (sulfide) groups is 1. The van der Waals surface area contributed by atoms with Gasteiger partial charge in [-0.25, -0.2) is 4.39 Å². The largest absolute Gasteiger partial charge is 0.371 e. The van der Waals surface area contributed by atoms with E-state index in [1.54, 1.807) is 12.1 Å². The van der Waals surface area contributed by atoms with Crippen LogP contribution in [0.4, 0.5) is 10.1 Å². The van der Waals surface area contributed by atoms with E-state index in [-0.39, 0.29) is 23.5 Å². The molecule has 1 aliphatic rings. The molecule has 1 fully saturated rings. The average molecular weight is 435 g/mol. The molecule has 0 aliphatic carbocycles. The Hall–Kier alpha value is -1.72. The topological polar surface area (TPSA) is 32.3 Å². The lowest BCUT2D eigenvalue weighted by Crippen LogP contribution is -2.34. The lowest BCUT2D eigenvalue weighted by atomic mass is 9.99. The Morgan fingerprint density at radius 2 is 2.07 bits per heavy atom. The van der Waals surface area contributed by atoms with Crippen molar-refractivity contribution in [3.8, 4) is 0 Å². The number of amides is 1. The molecule has 0 aromatic heterocycles. The van der Waals surface area contributed by atoms with Crippen molar-refractivity contribution in [2.45, 2.75) is 38.5 Å². The molecule has 0 saturated carbocycles. The van der Waals surface area contributed by atoms with E-state index in [9.17, 15) is 9.18 Å². The van der Waals surface area contributed by atoms with Gasteiger partial charge in [0.25, 0.3) is 0 Å². The minimum absolute atomic E-state index is 0.0658. The highest BCUT2D eigenvalue weighted by Gasteiger charge is 2.17. The number of halogens is 2. The van der Waals surface area contributed by atoms with Gasteiger partial charge in [0.05, 0.1) is 11.8 Å². The normalized spacial score (nSPS) is 17.8. The van der Waals surface area contributed by atoms with E-state index in [0.717, 1.165) is 24.6 Å². The van der Waals surface area contributed by atoms with Gasteiger partial charge in [0.15, 0.2) is 0 Å². The fraction of sp³-hybridized carbons (Fsp3) is 0.435. The van der Waals surface area contributed by atoms with E-state index in [4.69, 9.17) is 11.6 Å². The van der Waals surface area contributed by atoms with Crippen molar-refractivity contribution in [2.24, 2.45) is 5.92 Å². The van der Waals surface area contributed by atoms with E-state index in [0.29, 0.717) is 16.3 Å². The fourth-order valence-electron chi connectivity index (χ4n) is 3.68. The van der Waals surface area contributed by atoms with Gasteiger partial charge >= 0.3 is 0 Å². The van der Waals surface area contributed by atoms with Gasteiger partial charge in [0.2, 0.25) is 5.91 Å². The molecule has 2 aromatic carbocycles. The summed E-state index contributed by atoms with van der Waals surface area (Å²) in [5.74, 6) is 0.971. The first kappa shape index (κ1) is 22.0. The second kappa shape index (κ2) is 10.4. The van der Waals surface area contributed by atoms with Crippen LogP contribution in [0.15, 0.2) is 42.5 Å². The summed E-state index contributed by atoms with van der Waals surface area (Å²) in [6.07, 6.45) is 2.55. The van der Waals surface area contributed by atoms with Crippen LogP contribution in [0.1, 0.15) is 43.9 Å². The smallest absolute Gasteiger partial charge is 0.230 e. The number of piperidine rings is 1. The maximum absolute atomic E-state index is 13.8. The Labute approximate surface area is 182 Å². The minimum atomic E-state index is -0.332. The summed E-state index contributed by atoms with van der Waals surface area (Å²) in [5, 5.41) is 3.42. The molecule has 2 aromatic rings. The fourth-order valence-corrected chi connectivity index (χ4v) is 4.86. The quantitative estimate of drug-likeness (QED) is 0.595. The second-order valence-corrected chi connectivity index (χ2v) is 9.16. The van der Waals surface area contributed by atoms with Gasteiger partial charge in [-0.3, -0.25) is 4.79 Å². The van der Waals surface area contributed by atoms with Crippen LogP contribution in [0.25, 0.3) is 0 Å². The lowest BCUT2D eigenvalue weighted by Gasteiger charge is -2.33. The highest BCUT2D eigenvalue weighted by Crippen LogP contribution is 2.26. The Morgan fingerprint density at radius 1 is 1.31 bits per heavy atom. The third-order valence-electron chi connectivity index (χ3n) is 5.33. The molecule has 0 unspecified atom stereocenters. The van der Waals surface area contributed by atoms with Crippen LogP contribution in [-0.2, 0) is 10.5 Å². The molecule has 1 aliphatic heterocycles. The molecule has 3 rings (SSSR count). The number of nitrogens with one attached hydrogen (secondary N) is 1. The van der Waals surface area contributed by atoms with Gasteiger partial charge < -0.3 is 10.2 Å². The first-order valence-corrected chi connectivity index (χ1v) is 11.6. The first-order chi connectivity index (χ1) is 13.9. The molecule has 2 atom stereocenters. The van der Waals surface area contributed by atoms with E-state index < -0.39 is 0 Å². The molecule has 0 radical (unpaired) electrons. The number of nitrogens with zero attached hydrogens (tertiary/aromatic N) is 1. The monoisotopic (exact) mass is 434 g/mol. The van der Waals surface area contributed by atoms with Crippen LogP contribution < -0.4 is 10.2 Å². The van der Waals surface area contributed by atoms with E-state index >= 15 is 0 Å². The van der Waals surface area contributed by atoms with Crippen molar-refractivity contribution in [2.75, 3.05) is 23.7 Å². The predicted molar refractivity (Wildman–Crippen MR) is 121 cm³/mol. The third-order valence-corrected chi connectivity index (χ3v) is 6.65. The summed E-state index contributed by atoms with van der Waals surface area (Å²) < 4.78 is 13.8. The van der Waals surface area contributed by atoms with Gasteiger partial charge in [-0.15, -0.1) is 11.8 Å². The molecule has 1 N–H and O–H groups in total. The summed E-state index contributed by atoms with van der Waals surface area (Å²) in [7, 11) is 0. The zero-order valence-electron chi connectivity index (χ0n) is 17.0. The number of carbonyl (C=O) groups excluding carboxylic acids is 1. The van der Waals surface area contributed by atoms with Crippen LogP contribution in [0.3, 0.4) is 0 Å². The van der Waals surface area contributed by atoms with E-state index in [1.807, 2.05) is 6.92 Å². The van der Waals surface area contributed by atoms with E-state index in [1.165, 1.54) is 36.4 Å². The standard InChI is InChI=1S/C23H28ClFN2OS/c1-16-5-4-12-27(13-16)19-10-8-18(9-11-19)17(2)26-23(28)15-29-14-20-21(24)6-3-7-22(20)25/h3,6-11,16-17H,4-5,12-15H2,1-2H3,(H,26,28)/t16-,17+/m0/s1. The number of hydrogen-bond donors (Lipinski definition) is 1. The van der Waals surface area contributed by atoms with Gasteiger partial charge in [0, 0.05) is 35.1 Å². The molecular formula is C23H28ClFN2OS. The van der Waals surface area contributed by atoms with Crippen molar-refractivity contribution >= 4 is 35.0 Å². The molecule has 156 valence electrons. The molecule has 29 heavy (non-hydrogen) atoms. The molecule has 1 saturated heterocycles. The third kappa shape index (κ3) is 6.13. The van der Waals surface area contributed by atoms with Gasteiger partial charge in [-0.1, -0.05) is 36.7 Å². The lowest BCUT2D eigenvalue weighted by molar-refractivity contribution is -0.119. The van der Waals surface area contributed by atoms with Crippen molar-refractivity contribution < 1.29 is 9.18 Å². The van der Waals surface area contributed by atoms with Crippen LogP contribution in [0, 0.1) is 11.7 Å². The number of carbonyl (C=O) groups is 1. The Balaban J connectivity index is 1.48.